The number of nitrogens with zero attached hydrogens (tertiary/aromatic N) is 1. The summed E-state index contributed by atoms with van der Waals surface area (Å²) in [6, 6.07) is 13.8. The van der Waals surface area contributed by atoms with Crippen LogP contribution >= 0.6 is 147 Å². The van der Waals surface area contributed by atoms with E-state index in [1.807, 2.05) is 99.8 Å². The maximum atomic E-state index is 13.4. The molecule has 9 amide bonds. The molecule has 6 atom stereocenters. The first-order valence-corrected chi connectivity index (χ1v) is 43.7. The van der Waals surface area contributed by atoms with Crippen LogP contribution < -0.4 is 52.4 Å². The molecule has 0 saturated carbocycles. The highest BCUT2D eigenvalue weighted by Gasteiger charge is 2.35. The van der Waals surface area contributed by atoms with Crippen molar-refractivity contribution in [2.24, 2.45) is 17.6 Å². The summed E-state index contributed by atoms with van der Waals surface area (Å²) in [4.78, 5) is 178. The van der Waals surface area contributed by atoms with Gasteiger partial charge in [0.2, 0.25) is 35.4 Å². The minimum atomic E-state index is -1.66. The lowest BCUT2D eigenvalue weighted by molar-refractivity contribution is -0.197. The van der Waals surface area contributed by atoms with Gasteiger partial charge in [-0.2, -0.15) is 0 Å². The van der Waals surface area contributed by atoms with Crippen molar-refractivity contribution in [3.05, 3.63) is 115 Å². The number of halogens is 7. The summed E-state index contributed by atoms with van der Waals surface area (Å²) < 4.78 is 20.2. The quantitative estimate of drug-likeness (QED) is 0.00647. The first-order chi connectivity index (χ1) is 53.5. The van der Waals surface area contributed by atoms with Crippen molar-refractivity contribution in [2.45, 2.75) is 207 Å². The number of carboxylic acids is 2. The third-order valence-electron chi connectivity index (χ3n) is 16.9. The molecule has 114 heavy (non-hydrogen) atoms. The van der Waals surface area contributed by atoms with Gasteiger partial charge in [-0.05, 0) is 267 Å². The van der Waals surface area contributed by atoms with Gasteiger partial charge in [-0.25, -0.2) is 9.59 Å². The molecule has 0 unspecified atom stereocenters. The van der Waals surface area contributed by atoms with Crippen LogP contribution in [0.2, 0.25) is 0 Å². The molecule has 1 saturated heterocycles. The van der Waals surface area contributed by atoms with E-state index in [0.717, 1.165) is 56.7 Å². The summed E-state index contributed by atoms with van der Waals surface area (Å²) >= 11 is 17.8. The Kier molecular flexibility index (Phi) is 46.7. The zero-order valence-electron chi connectivity index (χ0n) is 65.4. The van der Waals surface area contributed by atoms with Crippen LogP contribution in [0.3, 0.4) is 0 Å². The Morgan fingerprint density at radius 2 is 0.930 bits per heavy atom. The van der Waals surface area contributed by atoms with Crippen molar-refractivity contribution in [1.82, 2.24) is 42.3 Å². The minimum Gasteiger partial charge on any atom is -0.495 e. The number of carbonyl (C=O) groups excluding carboxylic acids is 12. The minimum absolute atomic E-state index is 0.00564. The van der Waals surface area contributed by atoms with E-state index >= 15 is 0 Å². The van der Waals surface area contributed by atoms with E-state index in [4.69, 9.17) is 41.5 Å². The van der Waals surface area contributed by atoms with E-state index in [1.165, 1.54) is 12.7 Å². The number of amides is 9. The lowest BCUT2D eigenvalue weighted by Crippen LogP contribution is -2.54. The highest BCUT2D eigenvalue weighted by atomic mass is 127. The fourth-order valence-electron chi connectivity index (χ4n) is 10.9. The third kappa shape index (κ3) is 36.9. The second-order valence-electron chi connectivity index (χ2n) is 28.5. The van der Waals surface area contributed by atoms with Gasteiger partial charge in [-0.3, -0.25) is 57.5 Å². The van der Waals surface area contributed by atoms with Gasteiger partial charge in [-0.15, -0.1) is 5.06 Å². The van der Waals surface area contributed by atoms with Crippen LogP contribution in [0.25, 0.3) is 0 Å². The number of hydroxylamine groups is 2. The molecule has 1 heterocycles. The Morgan fingerprint density at radius 1 is 0.526 bits per heavy atom. The molecular formula is C78H102ClI6N9O20. The average molecular weight is 2280 g/mol. The summed E-state index contributed by atoms with van der Waals surface area (Å²) in [5.41, 5.74) is 9.71. The van der Waals surface area contributed by atoms with Crippen LogP contribution in [0.1, 0.15) is 207 Å². The van der Waals surface area contributed by atoms with E-state index in [1.54, 1.807) is 47.8 Å². The molecule has 0 aliphatic carbocycles. The maximum Gasteiger partial charge on any atom is 0.333 e. The van der Waals surface area contributed by atoms with E-state index in [9.17, 15) is 72.2 Å². The lowest BCUT2D eigenvalue weighted by atomic mass is 9.96. The monoisotopic (exact) mass is 2280 g/mol. The highest BCUT2D eigenvalue weighted by molar-refractivity contribution is 14.1. The van der Waals surface area contributed by atoms with Gasteiger partial charge in [0.05, 0.1) is 64.3 Å². The smallest absolute Gasteiger partial charge is 0.333 e. The average Bonchev–Trinajstić information content (AvgIpc) is 0.935. The molecule has 4 aromatic carbocycles. The first-order valence-electron chi connectivity index (χ1n) is 36.8. The van der Waals surface area contributed by atoms with Crippen molar-refractivity contribution in [2.75, 3.05) is 40.4 Å². The number of nitrogens with two attached hydrogens (primary N) is 1. The molecule has 4 aromatic rings. The Hall–Kier alpha value is -5.91. The van der Waals surface area contributed by atoms with Gasteiger partial charge in [0, 0.05) is 59.0 Å². The van der Waals surface area contributed by atoms with Crippen LogP contribution in [0.4, 0.5) is 0 Å². The standard InChI is InChI=1S/C39H48I3N5O11.C31H50N4O7.C8H4ClI3O2/c1-21(2)17-23-10-12-24(13-11-23)22(3)36(52)44-20-28(37(53)43-16-8-6-5-7-9-32(51)58-47-30(49)14-15-31(47)50)45-29(48)19-27(39(55)56)46-38(54)33-25(40)18-26(41)35(57-4)34(33)42;1-20(2)17-22-12-14-23(15-13-22)21(3)28(39)34-19-25(29(40)33-16-10-8-7-9-11-27(37)38)35-26(36)18-24(32)30(41)42-31(4,5)6;1-14-7-4(11)2-3(10)5(6(7)12)8(9)13/h10-13,18,21-22,27-28H,5-9,14-17,19-20H2,1-4H3,(H,43,53)(H,44,52)(H,45,48)(H,46,54)(H,55,56);12-15,20-21,24-25H,7-11,16-19,32H2,1-6H3,(H,33,40)(H,34,39)(H,35,36)(H,37,38);2H,1H3/t22-,27-,28+;21-,24+,25+;/m00./s1. The number of ether oxygens (including phenoxy) is 3. The summed E-state index contributed by atoms with van der Waals surface area (Å²) in [7, 11) is 3.03. The molecule has 1 aliphatic heterocycles. The molecule has 628 valence electrons. The number of esters is 1. The van der Waals surface area contributed by atoms with Gasteiger partial charge in [0.15, 0.2) is 0 Å². The molecule has 1 aliphatic rings. The van der Waals surface area contributed by atoms with E-state index in [2.05, 4.69) is 155 Å². The summed E-state index contributed by atoms with van der Waals surface area (Å²) in [5, 5.41) is 37.2. The highest BCUT2D eigenvalue weighted by Crippen LogP contribution is 2.35. The lowest BCUT2D eigenvalue weighted by Gasteiger charge is -2.23. The molecule has 36 heteroatoms. The largest absolute Gasteiger partial charge is 0.495 e. The fourth-order valence-corrected chi connectivity index (χ4v) is 20.0. The number of nitrogens with one attached hydrogen (secondary N) is 7. The topological polar surface area (TPSA) is 430 Å². The van der Waals surface area contributed by atoms with Crippen molar-refractivity contribution in [3.8, 4) is 11.5 Å². The number of carbonyl (C=O) groups is 14. The Balaban J connectivity index is 0.000000520. The maximum absolute atomic E-state index is 13.4. The molecule has 0 bridgehead atoms. The fraction of sp³-hybridized carbons (Fsp3) is 0.513. The number of aliphatic carboxylic acids is 2. The Morgan fingerprint density at radius 3 is 1.32 bits per heavy atom. The Bertz CT molecular complexity index is 4000. The molecule has 11 N–H and O–H groups in total. The van der Waals surface area contributed by atoms with E-state index in [0.29, 0.717) is 86.2 Å². The molecule has 29 nitrogen and oxygen atoms in total. The summed E-state index contributed by atoms with van der Waals surface area (Å²) in [5.74, 6) is -7.83. The normalized spacial score (nSPS) is 13.4. The second kappa shape index (κ2) is 52.1. The van der Waals surface area contributed by atoms with Crippen molar-refractivity contribution in [1.29, 1.82) is 0 Å². The molecule has 0 aromatic heterocycles. The van der Waals surface area contributed by atoms with E-state index < -0.39 is 131 Å². The Labute approximate surface area is 751 Å². The summed E-state index contributed by atoms with van der Waals surface area (Å²) in [6.45, 7) is 17.1. The number of hydrogen-bond donors (Lipinski definition) is 10. The van der Waals surface area contributed by atoms with E-state index in [-0.39, 0.29) is 56.8 Å². The third-order valence-corrected chi connectivity index (χ3v) is 22.5. The number of carboxylic acid groups (broad SMARTS) is 2. The number of rotatable bonds is 42. The molecular weight excluding hydrogens is 2180 g/mol. The van der Waals surface area contributed by atoms with Gasteiger partial charge in [0.1, 0.15) is 41.3 Å². The van der Waals surface area contributed by atoms with Crippen molar-refractivity contribution in [3.63, 3.8) is 0 Å². The molecule has 0 radical (unpaired) electrons. The SMILES string of the molecule is CC(C)Cc1ccc([C@H](C)C(=O)NC[C@@H](NC(=O)C[C@@H](N)C(=O)OC(C)(C)C)C(=O)NCCCCCCC(=O)O)cc1.COc1c(I)cc(I)c(C(=O)Cl)c1I.COc1c(I)cc(I)c(C(=O)N[C@@H](CC(=O)N[C@H](CNC(=O)[C@@H](C)c2ccc(CC(C)C)cc2)C(=O)NCCCCCCC(=O)ON2C(=O)CCC2=O)C(=O)O)c1I. The number of methoxy groups -OCH3 is 2. The second-order valence-corrected chi connectivity index (χ2v) is 35.7. The van der Waals surface area contributed by atoms with Crippen LogP contribution in [0.5, 0.6) is 11.5 Å². The van der Waals surface area contributed by atoms with Crippen LogP contribution in [-0.4, -0.2) is 168 Å². The van der Waals surface area contributed by atoms with Gasteiger partial charge >= 0.3 is 23.9 Å². The predicted molar refractivity (Wildman–Crippen MR) is 478 cm³/mol. The van der Waals surface area contributed by atoms with Crippen LogP contribution in [0.15, 0.2) is 60.7 Å². The van der Waals surface area contributed by atoms with Gasteiger partial charge < -0.3 is 72.2 Å². The van der Waals surface area contributed by atoms with Crippen LogP contribution in [-0.2, 0) is 80.0 Å². The van der Waals surface area contributed by atoms with Crippen molar-refractivity contribution >= 4 is 229 Å². The molecule has 1 fully saturated rings. The van der Waals surface area contributed by atoms with Gasteiger partial charge in [0.25, 0.3) is 23.0 Å². The van der Waals surface area contributed by atoms with Crippen LogP contribution in [0, 0.1) is 33.3 Å². The van der Waals surface area contributed by atoms with Gasteiger partial charge in [-0.1, -0.05) is 102 Å². The number of unbranched alkanes of at least 4 members (excludes halogenated alkanes) is 6. The first kappa shape index (κ1) is 102. The zero-order chi connectivity index (χ0) is 85.9. The molecule has 5 rings (SSSR count). The van der Waals surface area contributed by atoms with Crippen molar-refractivity contribution < 1.29 is 96.4 Å². The number of hydrogen-bond acceptors (Lipinski definition) is 19. The predicted octanol–water partition coefficient (Wildman–Crippen LogP) is 11.0. The summed E-state index contributed by atoms with van der Waals surface area (Å²) in [6.07, 6.45) is 5.57. The zero-order valence-corrected chi connectivity index (χ0v) is 79.1. The number of benzene rings is 4. The molecule has 0 spiro atoms. The number of imide groups is 1.